The fourth-order valence-corrected chi connectivity index (χ4v) is 2.50. The Bertz CT molecular complexity index is 1130. The van der Waals surface area contributed by atoms with Crippen LogP contribution in [0.5, 0.6) is 11.6 Å². The molecule has 130 valence electrons. The summed E-state index contributed by atoms with van der Waals surface area (Å²) in [7, 11) is 0. The Balaban J connectivity index is 1.72. The highest BCUT2D eigenvalue weighted by Gasteiger charge is 2.18. The zero-order chi connectivity index (χ0) is 18.3. The number of nitrogens with two attached hydrogens (primary N) is 1. The lowest BCUT2D eigenvalue weighted by Crippen LogP contribution is -1.97. The Morgan fingerprint density at radius 2 is 2.15 bits per heavy atom. The molecule has 0 saturated heterocycles. The summed E-state index contributed by atoms with van der Waals surface area (Å²) in [5.41, 5.74) is 8.03. The number of imidazole rings is 1. The molecule has 0 aliphatic heterocycles. The fourth-order valence-electron chi connectivity index (χ4n) is 2.50. The van der Waals surface area contributed by atoms with Gasteiger partial charge in [0, 0.05) is 5.69 Å². The van der Waals surface area contributed by atoms with Gasteiger partial charge in [0.15, 0.2) is 17.2 Å². The number of nitrogen functional groups attached to an aromatic ring is 1. The molecule has 26 heavy (non-hydrogen) atoms. The van der Waals surface area contributed by atoms with Gasteiger partial charge in [-0.1, -0.05) is 6.07 Å². The van der Waals surface area contributed by atoms with Crippen LogP contribution in [-0.2, 0) is 0 Å². The number of nitrogens with zero attached hydrogens (tertiary/aromatic N) is 5. The van der Waals surface area contributed by atoms with Crippen molar-refractivity contribution in [1.29, 1.82) is 0 Å². The fraction of sp³-hybridized carbons (Fsp3) is 0.0625. The topological polar surface area (TPSA) is 142 Å². The highest BCUT2D eigenvalue weighted by atomic mass is 16.6. The van der Waals surface area contributed by atoms with Crippen LogP contribution in [0.4, 0.5) is 5.82 Å². The second-order valence-corrected chi connectivity index (χ2v) is 5.43. The molecule has 10 heteroatoms. The number of carboxylic acid groups (broad SMARTS) is 1. The zero-order valence-electron chi connectivity index (χ0n) is 13.4. The second kappa shape index (κ2) is 5.84. The maximum atomic E-state index is 11.1. The van der Waals surface area contributed by atoms with Crippen molar-refractivity contribution in [2.75, 3.05) is 5.73 Å². The van der Waals surface area contributed by atoms with Crippen LogP contribution in [0, 0.1) is 6.92 Å². The van der Waals surface area contributed by atoms with Gasteiger partial charge in [0.25, 0.3) is 0 Å². The molecule has 0 fully saturated rings. The molecule has 4 aromatic rings. The minimum absolute atomic E-state index is 0.124. The van der Waals surface area contributed by atoms with E-state index in [-0.39, 0.29) is 17.3 Å². The van der Waals surface area contributed by atoms with Gasteiger partial charge in [-0.25, -0.2) is 19.4 Å². The average molecular weight is 352 g/mol. The van der Waals surface area contributed by atoms with Crippen LogP contribution in [0.3, 0.4) is 0 Å². The summed E-state index contributed by atoms with van der Waals surface area (Å²) in [6, 6.07) is 6.14. The summed E-state index contributed by atoms with van der Waals surface area (Å²) < 4.78 is 12.0. The van der Waals surface area contributed by atoms with Gasteiger partial charge in [0.2, 0.25) is 5.88 Å². The van der Waals surface area contributed by atoms with Crippen LogP contribution in [0.2, 0.25) is 0 Å². The predicted octanol–water partition coefficient (Wildman–Crippen LogP) is 2.16. The van der Waals surface area contributed by atoms with E-state index in [0.717, 1.165) is 5.69 Å². The first kappa shape index (κ1) is 15.6. The van der Waals surface area contributed by atoms with E-state index in [0.29, 0.717) is 22.8 Å². The second-order valence-electron chi connectivity index (χ2n) is 5.43. The van der Waals surface area contributed by atoms with Crippen molar-refractivity contribution in [2.24, 2.45) is 0 Å². The third kappa shape index (κ3) is 2.59. The van der Waals surface area contributed by atoms with E-state index >= 15 is 0 Å². The molecule has 4 rings (SSSR count). The number of fused-ring (bicyclic) bond motifs is 1. The Hall–Kier alpha value is -3.95. The molecule has 3 N–H and O–H groups in total. The number of aryl methyl sites for hydroxylation is 1. The standard InChI is InChI=1S/C16H12N6O4/c1-8-13(14-15(17)21-26-20-14)19-11-6-18-12(7-22(8)11)25-10-4-2-3-9(5-10)16(23)24/h2-7H,1H3,(H2,17,21)(H,23,24). The summed E-state index contributed by atoms with van der Waals surface area (Å²) in [5, 5.41) is 16.4. The Morgan fingerprint density at radius 1 is 1.31 bits per heavy atom. The molecule has 0 bridgehead atoms. The monoisotopic (exact) mass is 352 g/mol. The van der Waals surface area contributed by atoms with Gasteiger partial charge in [-0.05, 0) is 35.4 Å². The number of carboxylic acids is 1. The molecule has 0 amide bonds. The lowest BCUT2D eigenvalue weighted by molar-refractivity contribution is 0.0696. The van der Waals surface area contributed by atoms with Crippen molar-refractivity contribution < 1.29 is 19.3 Å². The molecule has 0 spiro atoms. The Labute approximate surface area is 145 Å². The minimum atomic E-state index is -1.03. The summed E-state index contributed by atoms with van der Waals surface area (Å²) in [4.78, 5) is 19.7. The van der Waals surface area contributed by atoms with Crippen LogP contribution in [0.15, 0.2) is 41.3 Å². The molecule has 0 atom stereocenters. The number of carbonyl (C=O) groups is 1. The Morgan fingerprint density at radius 3 is 2.88 bits per heavy atom. The molecule has 0 unspecified atom stereocenters. The lowest BCUT2D eigenvalue weighted by Gasteiger charge is -2.06. The van der Waals surface area contributed by atoms with Crippen molar-refractivity contribution in [3.63, 3.8) is 0 Å². The third-order valence-corrected chi connectivity index (χ3v) is 3.77. The largest absolute Gasteiger partial charge is 0.478 e. The van der Waals surface area contributed by atoms with Gasteiger partial charge < -0.3 is 15.6 Å². The molecule has 10 nitrogen and oxygen atoms in total. The molecule has 0 saturated carbocycles. The van der Waals surface area contributed by atoms with E-state index in [1.165, 1.54) is 18.3 Å². The smallest absolute Gasteiger partial charge is 0.335 e. The molecule has 3 heterocycles. The number of ether oxygens (including phenoxy) is 1. The van der Waals surface area contributed by atoms with Crippen LogP contribution in [0.1, 0.15) is 16.1 Å². The molecular weight excluding hydrogens is 340 g/mol. The van der Waals surface area contributed by atoms with Gasteiger partial charge >= 0.3 is 5.97 Å². The highest BCUT2D eigenvalue weighted by molar-refractivity contribution is 5.88. The van der Waals surface area contributed by atoms with Gasteiger partial charge in [-0.2, -0.15) is 0 Å². The predicted molar refractivity (Wildman–Crippen MR) is 88.9 cm³/mol. The summed E-state index contributed by atoms with van der Waals surface area (Å²) in [5.74, 6) is -0.253. The molecule has 0 aliphatic carbocycles. The van der Waals surface area contributed by atoms with E-state index in [2.05, 4.69) is 24.9 Å². The van der Waals surface area contributed by atoms with Crippen LogP contribution in [-0.4, -0.2) is 35.8 Å². The first-order valence-electron chi connectivity index (χ1n) is 7.47. The lowest BCUT2D eigenvalue weighted by atomic mass is 10.2. The summed E-state index contributed by atoms with van der Waals surface area (Å²) in [6.07, 6.45) is 3.16. The first-order valence-corrected chi connectivity index (χ1v) is 7.47. The molecule has 3 aromatic heterocycles. The van der Waals surface area contributed by atoms with Crippen LogP contribution >= 0.6 is 0 Å². The number of hydrogen-bond donors (Lipinski definition) is 2. The van der Waals surface area contributed by atoms with Crippen molar-refractivity contribution in [1.82, 2.24) is 24.7 Å². The quantitative estimate of drug-likeness (QED) is 0.565. The van der Waals surface area contributed by atoms with E-state index in [4.69, 9.17) is 15.6 Å². The molecular formula is C16H12N6O4. The van der Waals surface area contributed by atoms with Crippen molar-refractivity contribution in [3.8, 4) is 23.0 Å². The number of aromatic carboxylic acids is 1. The van der Waals surface area contributed by atoms with Crippen molar-refractivity contribution in [3.05, 3.63) is 47.9 Å². The van der Waals surface area contributed by atoms with Crippen molar-refractivity contribution >= 4 is 17.4 Å². The van der Waals surface area contributed by atoms with E-state index in [1.54, 1.807) is 22.7 Å². The zero-order valence-corrected chi connectivity index (χ0v) is 13.4. The third-order valence-electron chi connectivity index (χ3n) is 3.77. The molecule has 0 radical (unpaired) electrons. The van der Waals surface area contributed by atoms with E-state index in [1.807, 2.05) is 6.92 Å². The highest BCUT2D eigenvalue weighted by Crippen LogP contribution is 2.27. The van der Waals surface area contributed by atoms with Gasteiger partial charge in [-0.15, -0.1) is 0 Å². The number of rotatable bonds is 4. The van der Waals surface area contributed by atoms with Crippen LogP contribution < -0.4 is 10.5 Å². The van der Waals surface area contributed by atoms with E-state index < -0.39 is 5.97 Å². The minimum Gasteiger partial charge on any atom is -0.478 e. The number of aromatic nitrogens is 5. The normalized spacial score (nSPS) is 11.0. The van der Waals surface area contributed by atoms with Gasteiger partial charge in [-0.3, -0.25) is 4.40 Å². The Kier molecular flexibility index (Phi) is 3.50. The number of anilines is 1. The molecule has 0 aliphatic rings. The summed E-state index contributed by atoms with van der Waals surface area (Å²) >= 11 is 0. The number of hydrogen-bond acceptors (Lipinski definition) is 8. The van der Waals surface area contributed by atoms with Gasteiger partial charge in [0.05, 0.1) is 18.0 Å². The summed E-state index contributed by atoms with van der Waals surface area (Å²) in [6.45, 7) is 1.83. The first-order chi connectivity index (χ1) is 12.5. The van der Waals surface area contributed by atoms with Gasteiger partial charge in [0.1, 0.15) is 11.4 Å². The SMILES string of the molecule is Cc1c(-c2nonc2N)nc2cnc(Oc3cccc(C(=O)O)c3)cn12. The molecule has 1 aromatic carbocycles. The number of benzene rings is 1. The van der Waals surface area contributed by atoms with Crippen LogP contribution in [0.25, 0.3) is 17.0 Å². The van der Waals surface area contributed by atoms with E-state index in [9.17, 15) is 4.79 Å². The maximum Gasteiger partial charge on any atom is 0.335 e. The van der Waals surface area contributed by atoms with Crippen molar-refractivity contribution in [2.45, 2.75) is 6.92 Å². The average Bonchev–Trinajstić information content (AvgIpc) is 3.18. The maximum absolute atomic E-state index is 11.1.